The van der Waals surface area contributed by atoms with Gasteiger partial charge in [-0.3, -0.25) is 16.0 Å². The van der Waals surface area contributed by atoms with Crippen LogP contribution in [-0.2, 0) is 0 Å². The highest BCUT2D eigenvalue weighted by molar-refractivity contribution is 5.44. The molecule has 3 aromatic carbocycles. The molecule has 0 radical (unpaired) electrons. The Morgan fingerprint density at radius 2 is 0.436 bits per heavy atom. The number of hydrogen-bond acceptors (Lipinski definition) is 3. The summed E-state index contributed by atoms with van der Waals surface area (Å²) in [5, 5.41) is 9.69. The van der Waals surface area contributed by atoms with Crippen LogP contribution in [0.15, 0.2) is 72.8 Å². The fraction of sp³-hybridized carbons (Fsp3) is 0.167. The van der Waals surface area contributed by atoms with Crippen LogP contribution in [-0.4, -0.2) is 39.3 Å². The summed E-state index contributed by atoms with van der Waals surface area (Å²) in [6.45, 7) is 3.44. The first-order chi connectivity index (χ1) is 19.3. The van der Waals surface area contributed by atoms with E-state index < -0.39 is 0 Å². The van der Waals surface area contributed by atoms with Crippen molar-refractivity contribution in [3.05, 3.63) is 106 Å². The molecule has 39 heavy (non-hydrogen) atoms. The Labute approximate surface area is 232 Å². The molecule has 4 aliphatic rings. The number of benzene rings is 3. The highest BCUT2D eigenvalue weighted by Gasteiger charge is 1.91. The van der Waals surface area contributed by atoms with Gasteiger partial charge in [0, 0.05) is 33.4 Å². The molecule has 0 amide bonds. The lowest BCUT2D eigenvalue weighted by Gasteiger charge is -1.94. The van der Waals surface area contributed by atoms with E-state index in [9.17, 15) is 0 Å². The molecule has 0 saturated carbocycles. The Bertz CT molecular complexity index is 1300. The summed E-state index contributed by atoms with van der Waals surface area (Å²) in [5.74, 6) is 37.7. The highest BCUT2D eigenvalue weighted by atomic mass is 14.8. The summed E-state index contributed by atoms with van der Waals surface area (Å²) in [5.41, 5.74) is 5.76. The maximum absolute atomic E-state index is 3.23. The van der Waals surface area contributed by atoms with E-state index in [1.54, 1.807) is 0 Å². The zero-order chi connectivity index (χ0) is 26.8. The number of fused-ring (bicyclic) bond motifs is 3. The Morgan fingerprint density at radius 1 is 0.282 bits per heavy atom. The predicted molar refractivity (Wildman–Crippen MR) is 159 cm³/mol. The topological polar surface area (TPSA) is 36.1 Å². The van der Waals surface area contributed by atoms with Crippen molar-refractivity contribution in [2.45, 2.75) is 0 Å². The van der Waals surface area contributed by atoms with Gasteiger partial charge in [0.25, 0.3) is 0 Å². The molecule has 0 atom stereocenters. The van der Waals surface area contributed by atoms with Gasteiger partial charge < -0.3 is 0 Å². The second-order valence-corrected chi connectivity index (χ2v) is 8.35. The first-order valence-electron chi connectivity index (χ1n) is 12.7. The second-order valence-electron chi connectivity index (χ2n) is 8.35. The van der Waals surface area contributed by atoms with E-state index in [2.05, 4.69) is 87.0 Å². The lowest BCUT2D eigenvalue weighted by Crippen LogP contribution is -2.13. The third-order valence-corrected chi connectivity index (χ3v) is 5.33. The molecule has 3 nitrogen and oxygen atoms in total. The second kappa shape index (κ2) is 15.9. The molecule has 0 spiro atoms. The molecule has 4 heterocycles. The monoisotopic (exact) mass is 501 g/mol. The summed E-state index contributed by atoms with van der Waals surface area (Å²) in [7, 11) is 0. The Kier molecular flexibility index (Phi) is 11.0. The van der Waals surface area contributed by atoms with Crippen LogP contribution in [0.3, 0.4) is 0 Å². The van der Waals surface area contributed by atoms with E-state index in [0.29, 0.717) is 39.3 Å². The molecule has 186 valence electrons. The molecule has 3 aromatic rings. The van der Waals surface area contributed by atoms with E-state index in [4.69, 9.17) is 0 Å². The molecule has 0 aliphatic carbocycles. The smallest absolute Gasteiger partial charge is 0.0587 e. The van der Waals surface area contributed by atoms with Gasteiger partial charge in [-0.05, 0) is 72.8 Å². The molecule has 0 fully saturated rings. The molecule has 6 bridgehead atoms. The quantitative estimate of drug-likeness (QED) is 0.415. The fourth-order valence-electron chi connectivity index (χ4n) is 3.35. The first kappa shape index (κ1) is 26.9. The van der Waals surface area contributed by atoms with Gasteiger partial charge in [0.15, 0.2) is 0 Å². The Balaban J connectivity index is 1.40. The summed E-state index contributed by atoms with van der Waals surface area (Å²) in [4.78, 5) is 0. The van der Waals surface area contributed by atoms with Crippen molar-refractivity contribution >= 4 is 0 Å². The third kappa shape index (κ3) is 10.4. The van der Waals surface area contributed by atoms with Gasteiger partial charge in [-0.25, -0.2) is 0 Å². The highest BCUT2D eigenvalue weighted by Crippen LogP contribution is 2.03. The number of hydrogen-bond donors (Lipinski definition) is 3. The van der Waals surface area contributed by atoms with Gasteiger partial charge in [-0.15, -0.1) is 0 Å². The van der Waals surface area contributed by atoms with E-state index in [1.165, 1.54) is 0 Å². The molecule has 3 N–H and O–H groups in total. The van der Waals surface area contributed by atoms with Crippen LogP contribution < -0.4 is 16.0 Å². The molecule has 3 heteroatoms. The van der Waals surface area contributed by atoms with Crippen LogP contribution in [0.5, 0.6) is 0 Å². The minimum Gasteiger partial charge on any atom is -0.295 e. The standard InChI is InChI=1S/C36H27N3/c1-7-31-13-15-32(16-14-31)9-3-27-38-28-5-11-35-21-23-36(24-22-35)12-6-30-39-29-4-10-34-19-17-33(18-20-34)8-2-26-37-25-1/h13-24,37-39H,25-30H2. The minimum atomic E-state index is 0.574. The van der Waals surface area contributed by atoms with E-state index in [1.807, 2.05) is 72.8 Å². The van der Waals surface area contributed by atoms with Crippen molar-refractivity contribution in [2.24, 2.45) is 0 Å². The van der Waals surface area contributed by atoms with Gasteiger partial charge >= 0.3 is 0 Å². The van der Waals surface area contributed by atoms with Crippen LogP contribution in [0, 0.1) is 71.0 Å². The Hall–Kier alpha value is -5.10. The van der Waals surface area contributed by atoms with E-state index >= 15 is 0 Å². The zero-order valence-corrected chi connectivity index (χ0v) is 21.7. The molecule has 0 aromatic heterocycles. The fourth-order valence-corrected chi connectivity index (χ4v) is 3.35. The number of nitrogens with one attached hydrogen (secondary N) is 3. The zero-order valence-electron chi connectivity index (χ0n) is 21.7. The molecule has 0 saturated heterocycles. The minimum absolute atomic E-state index is 0.574. The summed E-state index contributed by atoms with van der Waals surface area (Å²) < 4.78 is 0. The van der Waals surface area contributed by atoms with Crippen molar-refractivity contribution in [1.82, 2.24) is 16.0 Å². The predicted octanol–water partition coefficient (Wildman–Crippen LogP) is 2.98. The average Bonchev–Trinajstić information content (AvgIpc) is 2.97. The van der Waals surface area contributed by atoms with Crippen LogP contribution in [0.2, 0.25) is 0 Å². The van der Waals surface area contributed by atoms with Crippen LogP contribution >= 0.6 is 0 Å². The van der Waals surface area contributed by atoms with Crippen molar-refractivity contribution in [2.75, 3.05) is 39.3 Å². The molecular formula is C36H27N3. The summed E-state index contributed by atoms with van der Waals surface area (Å²) >= 11 is 0. The average molecular weight is 502 g/mol. The van der Waals surface area contributed by atoms with Gasteiger partial charge in [-0.1, -0.05) is 71.0 Å². The molecular weight excluding hydrogens is 474 g/mol. The van der Waals surface area contributed by atoms with E-state index in [-0.39, 0.29) is 0 Å². The van der Waals surface area contributed by atoms with Crippen molar-refractivity contribution in [1.29, 1.82) is 0 Å². The number of rotatable bonds is 0. The maximum Gasteiger partial charge on any atom is 0.0587 e. The molecule has 7 rings (SSSR count). The van der Waals surface area contributed by atoms with Gasteiger partial charge in [-0.2, -0.15) is 0 Å². The largest absolute Gasteiger partial charge is 0.295 e. The van der Waals surface area contributed by atoms with Gasteiger partial charge in [0.2, 0.25) is 0 Å². The third-order valence-electron chi connectivity index (χ3n) is 5.33. The van der Waals surface area contributed by atoms with Crippen LogP contribution in [0.4, 0.5) is 0 Å². The van der Waals surface area contributed by atoms with E-state index in [0.717, 1.165) is 33.4 Å². The van der Waals surface area contributed by atoms with Crippen molar-refractivity contribution in [3.63, 3.8) is 0 Å². The lowest BCUT2D eigenvalue weighted by molar-refractivity contribution is 0.871. The van der Waals surface area contributed by atoms with Crippen molar-refractivity contribution < 1.29 is 0 Å². The van der Waals surface area contributed by atoms with Crippen LogP contribution in [0.25, 0.3) is 0 Å². The SMILES string of the molecule is C1#Cc2ccc(cc2)C#CCNCC#Cc2ccc(cc2)C#CCNCC#Cc2ccc(cc2)C#CCNC1. The summed E-state index contributed by atoms with van der Waals surface area (Å²) in [6.07, 6.45) is 0. The van der Waals surface area contributed by atoms with Crippen molar-refractivity contribution in [3.8, 4) is 71.0 Å². The normalized spacial score (nSPS) is 13.2. The van der Waals surface area contributed by atoms with Crippen LogP contribution in [0.1, 0.15) is 33.4 Å². The summed E-state index contributed by atoms with van der Waals surface area (Å²) in [6, 6.07) is 23.9. The van der Waals surface area contributed by atoms with Gasteiger partial charge in [0.1, 0.15) is 0 Å². The molecule has 4 aliphatic heterocycles. The first-order valence-corrected chi connectivity index (χ1v) is 12.7. The Morgan fingerprint density at radius 3 is 0.590 bits per heavy atom. The maximum atomic E-state index is 3.23. The van der Waals surface area contributed by atoms with Gasteiger partial charge in [0.05, 0.1) is 39.3 Å². The lowest BCUT2D eigenvalue weighted by atomic mass is 10.1. The molecule has 0 unspecified atom stereocenters.